The lowest BCUT2D eigenvalue weighted by Gasteiger charge is -2.13. The van der Waals surface area contributed by atoms with E-state index in [9.17, 15) is 16.8 Å². The lowest BCUT2D eigenvalue weighted by Crippen LogP contribution is -2.27. The van der Waals surface area contributed by atoms with Crippen molar-refractivity contribution in [2.24, 2.45) is 0 Å². The van der Waals surface area contributed by atoms with Gasteiger partial charge in [0.15, 0.2) is 0 Å². The summed E-state index contributed by atoms with van der Waals surface area (Å²) in [6, 6.07) is 8.62. The molecule has 0 bridgehead atoms. The summed E-state index contributed by atoms with van der Waals surface area (Å²) < 4.78 is 54.2. The molecule has 1 saturated carbocycles. The first kappa shape index (κ1) is 17.6. The Bertz CT molecular complexity index is 900. The van der Waals surface area contributed by atoms with Crippen molar-refractivity contribution < 1.29 is 16.8 Å². The minimum absolute atomic E-state index is 0.00622. The van der Waals surface area contributed by atoms with E-state index in [1.807, 2.05) is 17.5 Å². The molecule has 2 aromatic rings. The van der Waals surface area contributed by atoms with Crippen molar-refractivity contribution in [3.8, 4) is 0 Å². The quantitative estimate of drug-likeness (QED) is 0.763. The Morgan fingerprint density at radius 2 is 1.58 bits per heavy atom. The largest absolute Gasteiger partial charge is 0.241 e. The Morgan fingerprint density at radius 1 is 1.00 bits per heavy atom. The molecule has 0 unspecified atom stereocenters. The molecule has 1 heterocycles. The molecule has 1 aromatic heterocycles. The molecule has 9 heteroatoms. The van der Waals surface area contributed by atoms with Crippen LogP contribution in [0.5, 0.6) is 0 Å². The number of hydrogen-bond donors (Lipinski definition) is 2. The van der Waals surface area contributed by atoms with Crippen molar-refractivity contribution in [1.29, 1.82) is 0 Å². The fourth-order valence-electron chi connectivity index (χ4n) is 2.18. The Morgan fingerprint density at radius 3 is 2.08 bits per heavy atom. The predicted octanol–water partition coefficient (Wildman–Crippen LogP) is 2.23. The molecule has 0 spiro atoms. The van der Waals surface area contributed by atoms with E-state index in [2.05, 4.69) is 9.44 Å². The summed E-state index contributed by atoms with van der Waals surface area (Å²) in [5, 5.41) is 1.88. The van der Waals surface area contributed by atoms with Crippen LogP contribution in [0.4, 0.5) is 0 Å². The number of sulfonamides is 2. The lowest BCUT2D eigenvalue weighted by molar-refractivity contribution is 0.567. The van der Waals surface area contributed by atoms with Crippen LogP contribution in [0, 0.1) is 0 Å². The fourth-order valence-corrected chi connectivity index (χ4v) is 5.52. The maximum absolute atomic E-state index is 12.4. The average Bonchev–Trinajstić information content (AvgIpc) is 3.15. The Labute approximate surface area is 146 Å². The van der Waals surface area contributed by atoms with Crippen LogP contribution in [0.25, 0.3) is 0 Å². The van der Waals surface area contributed by atoms with E-state index in [1.54, 1.807) is 6.92 Å². The second-order valence-electron chi connectivity index (χ2n) is 5.73. The summed E-state index contributed by atoms with van der Waals surface area (Å²) >= 11 is 1.47. The average molecular weight is 387 g/mol. The first-order valence-corrected chi connectivity index (χ1v) is 11.3. The Hall–Kier alpha value is -1.26. The summed E-state index contributed by atoms with van der Waals surface area (Å²) in [5.41, 5.74) is 0. The summed E-state index contributed by atoms with van der Waals surface area (Å²) in [5.74, 6) is 0. The topological polar surface area (TPSA) is 92.3 Å². The first-order chi connectivity index (χ1) is 11.3. The van der Waals surface area contributed by atoms with Crippen molar-refractivity contribution in [1.82, 2.24) is 9.44 Å². The molecule has 0 aliphatic heterocycles. The minimum atomic E-state index is -3.72. The van der Waals surface area contributed by atoms with E-state index in [0.29, 0.717) is 0 Å². The molecule has 1 fully saturated rings. The van der Waals surface area contributed by atoms with Gasteiger partial charge in [-0.15, -0.1) is 11.3 Å². The van der Waals surface area contributed by atoms with Gasteiger partial charge in [0, 0.05) is 10.9 Å². The Kier molecular flexibility index (Phi) is 4.80. The standard InChI is InChI=1S/C15H18N2O4S3/c1-11(15-3-2-10-22-15)16-23(18,19)13-6-8-14(9-7-13)24(20,21)17-12-4-5-12/h2-3,6-12,16-17H,4-5H2,1H3/t11-/m0/s1. The second-order valence-corrected chi connectivity index (χ2v) is 10.1. The maximum Gasteiger partial charge on any atom is 0.241 e. The molecule has 0 radical (unpaired) electrons. The van der Waals surface area contributed by atoms with Gasteiger partial charge in [0.2, 0.25) is 20.0 Å². The van der Waals surface area contributed by atoms with Crippen molar-refractivity contribution in [3.05, 3.63) is 46.7 Å². The van der Waals surface area contributed by atoms with Crippen LogP contribution in [-0.2, 0) is 20.0 Å². The van der Waals surface area contributed by atoms with Crippen LogP contribution < -0.4 is 9.44 Å². The van der Waals surface area contributed by atoms with Gasteiger partial charge in [-0.3, -0.25) is 0 Å². The van der Waals surface area contributed by atoms with Crippen LogP contribution in [0.1, 0.15) is 30.7 Å². The van der Waals surface area contributed by atoms with E-state index >= 15 is 0 Å². The van der Waals surface area contributed by atoms with Crippen molar-refractivity contribution in [2.75, 3.05) is 0 Å². The highest BCUT2D eigenvalue weighted by Crippen LogP contribution is 2.24. The zero-order chi connectivity index (χ0) is 17.4. The number of benzene rings is 1. The molecule has 24 heavy (non-hydrogen) atoms. The van der Waals surface area contributed by atoms with E-state index in [4.69, 9.17) is 0 Å². The molecular formula is C15H18N2O4S3. The van der Waals surface area contributed by atoms with Gasteiger partial charge in [-0.1, -0.05) is 6.07 Å². The molecule has 6 nitrogen and oxygen atoms in total. The van der Waals surface area contributed by atoms with E-state index in [-0.39, 0.29) is 21.9 Å². The van der Waals surface area contributed by atoms with Gasteiger partial charge >= 0.3 is 0 Å². The first-order valence-electron chi connectivity index (χ1n) is 7.46. The zero-order valence-corrected chi connectivity index (χ0v) is 15.4. The highest BCUT2D eigenvalue weighted by Gasteiger charge is 2.28. The van der Waals surface area contributed by atoms with E-state index in [1.165, 1.54) is 35.6 Å². The number of nitrogens with one attached hydrogen (secondary N) is 2. The summed E-state index contributed by atoms with van der Waals surface area (Å²) in [7, 11) is -7.30. The van der Waals surface area contributed by atoms with Gasteiger partial charge in [-0.05, 0) is 55.5 Å². The van der Waals surface area contributed by atoms with Crippen LogP contribution in [0.2, 0.25) is 0 Å². The van der Waals surface area contributed by atoms with Crippen LogP contribution in [0.15, 0.2) is 51.6 Å². The predicted molar refractivity (Wildman–Crippen MR) is 92.8 cm³/mol. The molecule has 1 aliphatic rings. The van der Waals surface area contributed by atoms with Crippen molar-refractivity contribution in [2.45, 2.75) is 41.6 Å². The third-order valence-electron chi connectivity index (χ3n) is 3.65. The van der Waals surface area contributed by atoms with Gasteiger partial charge in [0.25, 0.3) is 0 Å². The van der Waals surface area contributed by atoms with Gasteiger partial charge in [-0.25, -0.2) is 26.3 Å². The molecule has 2 N–H and O–H groups in total. The molecule has 130 valence electrons. The van der Waals surface area contributed by atoms with Gasteiger partial charge < -0.3 is 0 Å². The normalized spacial score (nSPS) is 16.9. The second kappa shape index (κ2) is 6.57. The van der Waals surface area contributed by atoms with Crippen LogP contribution in [-0.4, -0.2) is 22.9 Å². The highest BCUT2D eigenvalue weighted by atomic mass is 32.2. The van der Waals surface area contributed by atoms with Crippen LogP contribution in [0.3, 0.4) is 0 Å². The lowest BCUT2D eigenvalue weighted by atomic mass is 10.3. The minimum Gasteiger partial charge on any atom is -0.208 e. The maximum atomic E-state index is 12.4. The van der Waals surface area contributed by atoms with Crippen LogP contribution >= 0.6 is 11.3 Å². The van der Waals surface area contributed by atoms with E-state index < -0.39 is 20.0 Å². The molecule has 0 amide bonds. The molecule has 1 aromatic carbocycles. The van der Waals surface area contributed by atoms with E-state index in [0.717, 1.165) is 17.7 Å². The third kappa shape index (κ3) is 4.04. The summed E-state index contributed by atoms with van der Waals surface area (Å²) in [6.45, 7) is 1.77. The number of thiophene rings is 1. The number of hydrogen-bond acceptors (Lipinski definition) is 5. The van der Waals surface area contributed by atoms with Gasteiger partial charge in [0.05, 0.1) is 15.8 Å². The molecular weight excluding hydrogens is 368 g/mol. The summed E-state index contributed by atoms with van der Waals surface area (Å²) in [4.78, 5) is 1.02. The monoisotopic (exact) mass is 386 g/mol. The third-order valence-corrected chi connectivity index (χ3v) is 7.79. The molecule has 1 atom stereocenters. The van der Waals surface area contributed by atoms with Crippen molar-refractivity contribution >= 4 is 31.4 Å². The molecule has 0 saturated heterocycles. The SMILES string of the molecule is C[C@H](NS(=O)(=O)c1ccc(S(=O)(=O)NC2CC2)cc1)c1cccs1. The smallest absolute Gasteiger partial charge is 0.208 e. The highest BCUT2D eigenvalue weighted by molar-refractivity contribution is 7.90. The number of rotatable bonds is 7. The Balaban J connectivity index is 1.76. The molecule has 1 aliphatic carbocycles. The van der Waals surface area contributed by atoms with Gasteiger partial charge in [-0.2, -0.15) is 0 Å². The fraction of sp³-hybridized carbons (Fsp3) is 0.333. The summed E-state index contributed by atoms with van der Waals surface area (Å²) in [6.07, 6.45) is 1.69. The zero-order valence-electron chi connectivity index (χ0n) is 13.0. The van der Waals surface area contributed by atoms with Gasteiger partial charge in [0.1, 0.15) is 0 Å². The molecule has 3 rings (SSSR count). The van der Waals surface area contributed by atoms with Crippen molar-refractivity contribution in [3.63, 3.8) is 0 Å².